The highest BCUT2D eigenvalue weighted by Crippen LogP contribution is 2.87. The van der Waals surface area contributed by atoms with Crippen molar-refractivity contribution in [1.82, 2.24) is 0 Å². The summed E-state index contributed by atoms with van der Waals surface area (Å²) >= 11 is 0. The second-order valence-electron chi connectivity index (χ2n) is 13.7. The summed E-state index contributed by atoms with van der Waals surface area (Å²) in [5, 5.41) is 0. The molecule has 1 spiro atoms. The summed E-state index contributed by atoms with van der Waals surface area (Å²) in [6, 6.07) is 9.04. The predicted octanol–water partition coefficient (Wildman–Crippen LogP) is 7.82. The predicted molar refractivity (Wildman–Crippen MR) is 127 cm³/mol. The number of hydrogen-bond donors (Lipinski definition) is 0. The summed E-state index contributed by atoms with van der Waals surface area (Å²) in [7, 11) is 0. The fourth-order valence-electron chi connectivity index (χ4n) is 8.57. The molecule has 0 aliphatic heterocycles. The van der Waals surface area contributed by atoms with E-state index in [0.29, 0.717) is 22.2 Å². The number of fused-ring (bicyclic) bond motifs is 1. The van der Waals surface area contributed by atoms with Crippen LogP contribution in [-0.2, 0) is 4.74 Å². The van der Waals surface area contributed by atoms with E-state index in [1.54, 1.807) is 0 Å². The highest BCUT2D eigenvalue weighted by atomic mass is 16.7. The SMILES string of the molecule is CCOC(Oc1ccc(C(CC(C)(C)C)C(C)(C)C)cc1)C12CC3CC4CC(C1)C42C3. The Morgan fingerprint density at radius 1 is 0.935 bits per heavy atom. The van der Waals surface area contributed by atoms with Gasteiger partial charge in [-0.05, 0) is 103 Å². The van der Waals surface area contributed by atoms with Crippen LogP contribution < -0.4 is 4.74 Å². The smallest absolute Gasteiger partial charge is 0.206 e. The summed E-state index contributed by atoms with van der Waals surface area (Å²) in [6.07, 6.45) is 8.20. The van der Waals surface area contributed by atoms with Crippen LogP contribution in [0, 0.1) is 39.4 Å². The van der Waals surface area contributed by atoms with Crippen LogP contribution in [-0.4, -0.2) is 12.9 Å². The van der Waals surface area contributed by atoms with Gasteiger partial charge in [-0.3, -0.25) is 0 Å². The van der Waals surface area contributed by atoms with E-state index in [1.807, 2.05) is 0 Å². The van der Waals surface area contributed by atoms with Crippen molar-refractivity contribution in [2.75, 3.05) is 6.61 Å². The van der Waals surface area contributed by atoms with Crippen molar-refractivity contribution in [3.63, 3.8) is 0 Å². The first-order valence-electron chi connectivity index (χ1n) is 12.9. The number of rotatable bonds is 7. The van der Waals surface area contributed by atoms with E-state index < -0.39 is 0 Å². The molecule has 0 saturated heterocycles. The van der Waals surface area contributed by atoms with Crippen LogP contribution in [0.4, 0.5) is 0 Å². The minimum absolute atomic E-state index is 0.0688. The van der Waals surface area contributed by atoms with Gasteiger partial charge in [-0.2, -0.15) is 0 Å². The minimum Gasteiger partial charge on any atom is -0.464 e. The van der Waals surface area contributed by atoms with E-state index >= 15 is 0 Å². The standard InChI is InChI=1S/C29H44O2/c1-8-30-25(28-15-19-13-21-14-22(17-28)29(21,28)16-19)31-23-11-9-20(10-12-23)24(27(5,6)7)18-26(2,3)4/h9-12,19,21-22,24-25H,8,13-18H2,1-7H3. The molecule has 0 radical (unpaired) electrons. The Morgan fingerprint density at radius 3 is 2.19 bits per heavy atom. The van der Waals surface area contributed by atoms with Crippen LogP contribution >= 0.6 is 0 Å². The largest absolute Gasteiger partial charge is 0.464 e. The zero-order valence-electron chi connectivity index (χ0n) is 21.0. The highest BCUT2D eigenvalue weighted by Gasteiger charge is 2.83. The van der Waals surface area contributed by atoms with Gasteiger partial charge in [0.15, 0.2) is 0 Å². The lowest BCUT2D eigenvalue weighted by Gasteiger charge is -2.73. The second-order valence-corrected chi connectivity index (χ2v) is 13.7. The van der Waals surface area contributed by atoms with Crippen molar-refractivity contribution in [1.29, 1.82) is 0 Å². The average Bonchev–Trinajstić information content (AvgIpc) is 3.14. The first-order chi connectivity index (χ1) is 14.5. The monoisotopic (exact) mass is 424 g/mol. The van der Waals surface area contributed by atoms with Crippen LogP contribution in [0.2, 0.25) is 0 Å². The topological polar surface area (TPSA) is 18.5 Å². The molecule has 4 aliphatic carbocycles. The number of hydrogen-bond acceptors (Lipinski definition) is 2. The molecule has 1 aromatic carbocycles. The lowest BCUT2D eigenvalue weighted by atomic mass is 9.32. The lowest BCUT2D eigenvalue weighted by Crippen LogP contribution is -2.71. The Morgan fingerprint density at radius 2 is 1.65 bits per heavy atom. The molecule has 0 amide bonds. The molecule has 4 fully saturated rings. The molecule has 2 bridgehead atoms. The molecular formula is C29H44O2. The average molecular weight is 425 g/mol. The lowest BCUT2D eigenvalue weighted by molar-refractivity contribution is -0.325. The highest BCUT2D eigenvalue weighted by molar-refractivity contribution is 5.33. The van der Waals surface area contributed by atoms with Gasteiger partial charge in [-0.1, -0.05) is 53.7 Å². The zero-order valence-corrected chi connectivity index (χ0v) is 21.0. The molecule has 2 nitrogen and oxygen atoms in total. The Hall–Kier alpha value is -1.02. The Kier molecular flexibility index (Phi) is 4.92. The molecule has 0 heterocycles. The summed E-state index contributed by atoms with van der Waals surface area (Å²) in [4.78, 5) is 0. The molecule has 4 aliphatic rings. The first kappa shape index (κ1) is 21.8. The molecule has 0 aromatic heterocycles. The molecule has 172 valence electrons. The van der Waals surface area contributed by atoms with E-state index in [9.17, 15) is 0 Å². The van der Waals surface area contributed by atoms with Gasteiger partial charge in [0.1, 0.15) is 5.75 Å². The van der Waals surface area contributed by atoms with Gasteiger partial charge in [0.25, 0.3) is 0 Å². The normalized spacial score (nSPS) is 37.6. The van der Waals surface area contributed by atoms with Gasteiger partial charge in [-0.15, -0.1) is 0 Å². The van der Waals surface area contributed by atoms with Crippen molar-refractivity contribution in [2.24, 2.45) is 39.4 Å². The van der Waals surface area contributed by atoms with Crippen LogP contribution in [0.25, 0.3) is 0 Å². The van der Waals surface area contributed by atoms with Gasteiger partial charge in [-0.25, -0.2) is 0 Å². The number of benzene rings is 1. The van der Waals surface area contributed by atoms with Crippen LogP contribution in [0.1, 0.15) is 98.5 Å². The van der Waals surface area contributed by atoms with Crippen LogP contribution in [0.3, 0.4) is 0 Å². The maximum atomic E-state index is 6.68. The van der Waals surface area contributed by atoms with Crippen LogP contribution in [0.15, 0.2) is 24.3 Å². The third-order valence-corrected chi connectivity index (χ3v) is 9.62. The third-order valence-electron chi connectivity index (χ3n) is 9.62. The maximum Gasteiger partial charge on any atom is 0.206 e. The quantitative estimate of drug-likeness (QED) is 0.415. The van der Waals surface area contributed by atoms with Crippen molar-refractivity contribution >= 4 is 0 Å². The minimum atomic E-state index is -0.0688. The molecule has 0 N–H and O–H groups in total. The summed E-state index contributed by atoms with van der Waals surface area (Å²) in [5.41, 5.74) is 2.85. The first-order valence-corrected chi connectivity index (χ1v) is 12.9. The molecule has 1 aromatic rings. The van der Waals surface area contributed by atoms with Gasteiger partial charge < -0.3 is 9.47 Å². The summed E-state index contributed by atoms with van der Waals surface area (Å²) in [5.74, 6) is 4.37. The maximum absolute atomic E-state index is 6.68. The van der Waals surface area contributed by atoms with E-state index in [0.717, 1.165) is 30.1 Å². The van der Waals surface area contributed by atoms with Gasteiger partial charge in [0, 0.05) is 12.0 Å². The molecule has 31 heavy (non-hydrogen) atoms. The van der Waals surface area contributed by atoms with Gasteiger partial charge in [0.05, 0.1) is 0 Å². The second kappa shape index (κ2) is 6.99. The summed E-state index contributed by atoms with van der Waals surface area (Å²) < 4.78 is 13.0. The Labute approximate surface area is 190 Å². The van der Waals surface area contributed by atoms with Crippen molar-refractivity contribution in [2.45, 2.75) is 99.2 Å². The van der Waals surface area contributed by atoms with Crippen molar-refractivity contribution in [3.8, 4) is 5.75 Å². The Balaban J connectivity index is 1.35. The molecule has 4 saturated carbocycles. The molecule has 7 unspecified atom stereocenters. The molecule has 5 rings (SSSR count). The number of ether oxygens (including phenoxy) is 2. The summed E-state index contributed by atoms with van der Waals surface area (Å²) in [6.45, 7) is 17.0. The van der Waals surface area contributed by atoms with Gasteiger partial charge in [0.2, 0.25) is 6.29 Å². The van der Waals surface area contributed by atoms with E-state index in [2.05, 4.69) is 72.7 Å². The van der Waals surface area contributed by atoms with E-state index in [4.69, 9.17) is 9.47 Å². The molecule has 2 heteroatoms. The fourth-order valence-corrected chi connectivity index (χ4v) is 8.57. The third kappa shape index (κ3) is 3.22. The fraction of sp³-hybridized carbons (Fsp3) is 0.793. The van der Waals surface area contributed by atoms with Gasteiger partial charge >= 0.3 is 0 Å². The Bertz CT molecular complexity index is 813. The van der Waals surface area contributed by atoms with Crippen molar-refractivity contribution < 1.29 is 9.47 Å². The van der Waals surface area contributed by atoms with Crippen molar-refractivity contribution in [3.05, 3.63) is 29.8 Å². The van der Waals surface area contributed by atoms with E-state index in [1.165, 1.54) is 44.1 Å². The zero-order chi connectivity index (χ0) is 22.2. The van der Waals surface area contributed by atoms with Crippen LogP contribution in [0.5, 0.6) is 5.75 Å². The van der Waals surface area contributed by atoms with E-state index in [-0.39, 0.29) is 11.7 Å². The molecule has 7 atom stereocenters. The molecular weight excluding hydrogens is 380 g/mol.